The van der Waals surface area contributed by atoms with Crippen LogP contribution in [0.25, 0.3) is 0 Å². The number of nitrogens with zero attached hydrogens (tertiary/aromatic N) is 1. The summed E-state index contributed by atoms with van der Waals surface area (Å²) < 4.78 is 50.8. The zero-order valence-electron chi connectivity index (χ0n) is 21.3. The number of hydrogen-bond donors (Lipinski definition) is 3. The van der Waals surface area contributed by atoms with Crippen molar-refractivity contribution in [1.29, 1.82) is 0 Å². The van der Waals surface area contributed by atoms with Gasteiger partial charge in [-0.25, -0.2) is 0 Å². The normalized spacial score (nSPS) is 11.4. The number of ether oxygens (including phenoxy) is 2. The van der Waals surface area contributed by atoms with E-state index in [2.05, 4.69) is 20.5 Å². The minimum Gasteiger partial charge on any atom is -0.497 e. The van der Waals surface area contributed by atoms with Crippen molar-refractivity contribution in [1.82, 2.24) is 20.5 Å². The standard InChI is InChI=1S/C28H27F3N4O4/c1-38-16-24-22(13-18-7-5-17(6-8-18)12-19-4-3-11-32-26(19)36)25(35-34-24)27(37)33-15-20-14-21(39-2)9-10-23(20)28(29,30)31/h3-11,14H,12-13,15-16H2,1-2H3,(H,32,36)(H,33,37)(H,34,35). The van der Waals surface area contributed by atoms with Gasteiger partial charge in [0.25, 0.3) is 11.5 Å². The second-order valence-corrected chi connectivity index (χ2v) is 8.86. The van der Waals surface area contributed by atoms with Crippen LogP contribution in [0.15, 0.2) is 65.6 Å². The van der Waals surface area contributed by atoms with Gasteiger partial charge in [0.2, 0.25) is 0 Å². The Balaban J connectivity index is 1.53. The van der Waals surface area contributed by atoms with E-state index in [0.717, 1.165) is 17.2 Å². The number of alkyl halides is 3. The molecule has 0 spiro atoms. The highest BCUT2D eigenvalue weighted by atomic mass is 19.4. The summed E-state index contributed by atoms with van der Waals surface area (Å²) >= 11 is 0. The molecule has 4 aromatic rings. The molecule has 2 aromatic carbocycles. The summed E-state index contributed by atoms with van der Waals surface area (Å²) in [6, 6.07) is 14.5. The number of methoxy groups -OCH3 is 2. The van der Waals surface area contributed by atoms with E-state index in [1.807, 2.05) is 24.3 Å². The molecule has 1 amide bonds. The fourth-order valence-corrected chi connectivity index (χ4v) is 4.22. The van der Waals surface area contributed by atoms with Crippen molar-refractivity contribution in [3.8, 4) is 5.75 Å². The fourth-order valence-electron chi connectivity index (χ4n) is 4.22. The van der Waals surface area contributed by atoms with Crippen molar-refractivity contribution in [2.75, 3.05) is 14.2 Å². The number of hydrogen-bond acceptors (Lipinski definition) is 5. The van der Waals surface area contributed by atoms with Crippen molar-refractivity contribution >= 4 is 5.91 Å². The maximum absolute atomic E-state index is 13.5. The molecule has 204 valence electrons. The van der Waals surface area contributed by atoms with Crippen LogP contribution in [-0.4, -0.2) is 35.3 Å². The van der Waals surface area contributed by atoms with Crippen molar-refractivity contribution in [3.05, 3.63) is 116 Å². The molecule has 0 bridgehead atoms. The molecule has 8 nitrogen and oxygen atoms in total. The van der Waals surface area contributed by atoms with E-state index >= 15 is 0 Å². The predicted octanol–water partition coefficient (Wildman–Crippen LogP) is 4.38. The van der Waals surface area contributed by atoms with Gasteiger partial charge in [0.1, 0.15) is 5.75 Å². The molecule has 0 aliphatic carbocycles. The number of carbonyl (C=O) groups is 1. The summed E-state index contributed by atoms with van der Waals surface area (Å²) in [5, 5.41) is 9.49. The van der Waals surface area contributed by atoms with E-state index in [9.17, 15) is 22.8 Å². The topological polar surface area (TPSA) is 109 Å². The highest BCUT2D eigenvalue weighted by Gasteiger charge is 2.33. The minimum atomic E-state index is -4.59. The van der Waals surface area contributed by atoms with Gasteiger partial charge in [0.15, 0.2) is 5.69 Å². The summed E-state index contributed by atoms with van der Waals surface area (Å²) in [6.07, 6.45) is -2.21. The summed E-state index contributed by atoms with van der Waals surface area (Å²) in [5.74, 6) is -0.380. The van der Waals surface area contributed by atoms with Gasteiger partial charge < -0.3 is 19.8 Å². The highest BCUT2D eigenvalue weighted by molar-refractivity contribution is 5.94. The SMILES string of the molecule is COCc1[nH]nc(C(=O)NCc2cc(OC)ccc2C(F)(F)F)c1Cc1ccc(Cc2ccc[nH]c2=O)cc1. The zero-order chi connectivity index (χ0) is 28.0. The molecule has 0 aliphatic heterocycles. The maximum Gasteiger partial charge on any atom is 0.416 e. The third-order valence-corrected chi connectivity index (χ3v) is 6.21. The largest absolute Gasteiger partial charge is 0.497 e. The first-order valence-corrected chi connectivity index (χ1v) is 12.0. The molecule has 11 heteroatoms. The maximum atomic E-state index is 13.5. The smallest absolute Gasteiger partial charge is 0.416 e. The molecule has 0 atom stereocenters. The lowest BCUT2D eigenvalue weighted by molar-refractivity contribution is -0.138. The van der Waals surface area contributed by atoms with Crippen molar-refractivity contribution in [3.63, 3.8) is 0 Å². The first-order chi connectivity index (χ1) is 18.7. The monoisotopic (exact) mass is 540 g/mol. The van der Waals surface area contributed by atoms with Crippen LogP contribution in [0.2, 0.25) is 0 Å². The van der Waals surface area contributed by atoms with Crippen molar-refractivity contribution in [2.45, 2.75) is 32.2 Å². The Morgan fingerprint density at radius 3 is 2.36 bits per heavy atom. The Bertz CT molecular complexity index is 1490. The van der Waals surface area contributed by atoms with Gasteiger partial charge in [0.05, 0.1) is 25.0 Å². The van der Waals surface area contributed by atoms with E-state index in [1.165, 1.54) is 26.4 Å². The molecule has 2 aromatic heterocycles. The third kappa shape index (κ3) is 6.74. The quantitative estimate of drug-likeness (QED) is 0.277. The summed E-state index contributed by atoms with van der Waals surface area (Å²) in [6.45, 7) is -0.206. The van der Waals surface area contributed by atoms with E-state index in [-0.39, 0.29) is 35.7 Å². The van der Waals surface area contributed by atoms with Gasteiger partial charge in [-0.15, -0.1) is 0 Å². The van der Waals surface area contributed by atoms with Crippen LogP contribution in [0.3, 0.4) is 0 Å². The van der Waals surface area contributed by atoms with Crippen LogP contribution < -0.4 is 15.6 Å². The van der Waals surface area contributed by atoms with Crippen LogP contribution >= 0.6 is 0 Å². The molecule has 4 rings (SSSR count). The summed E-state index contributed by atoms with van der Waals surface area (Å²) in [4.78, 5) is 27.7. The molecular formula is C28H27F3N4O4. The lowest BCUT2D eigenvalue weighted by Crippen LogP contribution is -2.26. The average Bonchev–Trinajstić information content (AvgIpc) is 3.31. The van der Waals surface area contributed by atoms with Gasteiger partial charge in [-0.1, -0.05) is 30.3 Å². The number of pyridine rings is 1. The van der Waals surface area contributed by atoms with Crippen LogP contribution in [0.5, 0.6) is 5.75 Å². The number of nitrogens with one attached hydrogen (secondary N) is 3. The molecule has 0 saturated carbocycles. The molecule has 0 unspecified atom stereocenters. The molecule has 39 heavy (non-hydrogen) atoms. The van der Waals surface area contributed by atoms with Gasteiger partial charge in [-0.05, 0) is 41.0 Å². The Morgan fingerprint density at radius 1 is 1.00 bits per heavy atom. The number of H-pyrrole nitrogens is 2. The van der Waals surface area contributed by atoms with Gasteiger partial charge >= 0.3 is 6.18 Å². The average molecular weight is 541 g/mol. The summed E-state index contributed by atoms with van der Waals surface area (Å²) in [7, 11) is 2.86. The summed E-state index contributed by atoms with van der Waals surface area (Å²) in [5.41, 5.74) is 2.56. The minimum absolute atomic E-state index is 0.0680. The number of amides is 1. The van der Waals surface area contributed by atoms with E-state index in [4.69, 9.17) is 9.47 Å². The van der Waals surface area contributed by atoms with E-state index < -0.39 is 17.6 Å². The second kappa shape index (κ2) is 12.0. The molecule has 0 radical (unpaired) electrons. The molecule has 0 saturated heterocycles. The van der Waals surface area contributed by atoms with Gasteiger partial charge in [-0.2, -0.15) is 18.3 Å². The van der Waals surface area contributed by atoms with Crippen LogP contribution in [0.4, 0.5) is 13.2 Å². The number of aromatic nitrogens is 3. The van der Waals surface area contributed by atoms with E-state index in [1.54, 1.807) is 18.3 Å². The van der Waals surface area contributed by atoms with Crippen LogP contribution in [-0.2, 0) is 36.9 Å². The van der Waals surface area contributed by atoms with Crippen molar-refractivity contribution < 1.29 is 27.4 Å². The molecule has 3 N–H and O–H groups in total. The first-order valence-electron chi connectivity index (χ1n) is 12.0. The zero-order valence-corrected chi connectivity index (χ0v) is 21.3. The molecular weight excluding hydrogens is 513 g/mol. The Morgan fingerprint density at radius 2 is 1.72 bits per heavy atom. The van der Waals surface area contributed by atoms with Crippen LogP contribution in [0, 0.1) is 0 Å². The fraction of sp³-hybridized carbons (Fsp3) is 0.250. The van der Waals surface area contributed by atoms with Crippen molar-refractivity contribution in [2.24, 2.45) is 0 Å². The number of benzene rings is 2. The Labute approximate surface area is 222 Å². The molecule has 2 heterocycles. The molecule has 0 aliphatic rings. The second-order valence-electron chi connectivity index (χ2n) is 8.86. The number of aromatic amines is 2. The third-order valence-electron chi connectivity index (χ3n) is 6.21. The Kier molecular flexibility index (Phi) is 8.50. The van der Waals surface area contributed by atoms with E-state index in [0.29, 0.717) is 29.7 Å². The molecule has 0 fully saturated rings. The van der Waals surface area contributed by atoms with Gasteiger partial charge in [0, 0.05) is 43.8 Å². The lowest BCUT2D eigenvalue weighted by atomic mass is 9.99. The predicted molar refractivity (Wildman–Crippen MR) is 138 cm³/mol. The number of carbonyl (C=O) groups excluding carboxylic acids is 1. The lowest BCUT2D eigenvalue weighted by Gasteiger charge is -2.15. The first kappa shape index (κ1) is 27.6. The highest BCUT2D eigenvalue weighted by Crippen LogP contribution is 2.34. The number of halogens is 3. The Hall–Kier alpha value is -4.38. The number of rotatable bonds is 10. The van der Waals surface area contributed by atoms with Gasteiger partial charge in [-0.3, -0.25) is 14.7 Å². The van der Waals surface area contributed by atoms with Crippen LogP contribution in [0.1, 0.15) is 49.6 Å².